The van der Waals surface area contributed by atoms with E-state index in [1.807, 2.05) is 0 Å². The van der Waals surface area contributed by atoms with Gasteiger partial charge in [-0.3, -0.25) is 24.0 Å². The molecule has 0 fully saturated rings. The number of carbonyl (C=O) groups excluding carboxylic acids is 7. The molecule has 0 aromatic rings. The summed E-state index contributed by atoms with van der Waals surface area (Å²) in [5.74, 6) is -4.66. The molecule has 0 spiro atoms. The van der Waals surface area contributed by atoms with Crippen molar-refractivity contribution < 1.29 is 66.7 Å². The summed E-state index contributed by atoms with van der Waals surface area (Å²) in [5, 5.41) is 0. The van der Waals surface area contributed by atoms with Crippen LogP contribution in [0.1, 0.15) is 207 Å². The SMILES string of the molecule is C=CC(=O)OC(CC(=O)OCCCCCOC(=O)CCCCCCC)(CC(=O)OCCCCCOC(=O)CCCCCCC)C(=O)OCCCCCOC(=O)CCCCCCC. The minimum atomic E-state index is -2.39. The number of unbranched alkanes of at least 4 members (excludes halogenated alkanes) is 18. The summed E-state index contributed by atoms with van der Waals surface area (Å²) in [6.07, 6.45) is 20.6. The van der Waals surface area contributed by atoms with Gasteiger partial charge >= 0.3 is 41.8 Å². The van der Waals surface area contributed by atoms with Gasteiger partial charge < -0.3 is 33.2 Å². The Bertz CT molecular complexity index is 1180. The van der Waals surface area contributed by atoms with Gasteiger partial charge in [0.05, 0.1) is 52.5 Å². The molecule has 0 aromatic carbocycles. The molecule has 0 aromatic heterocycles. The van der Waals surface area contributed by atoms with E-state index < -0.39 is 42.3 Å². The molecular formula is C48H82O14. The Morgan fingerprint density at radius 3 is 0.952 bits per heavy atom. The third kappa shape index (κ3) is 34.6. The molecule has 0 N–H and O–H groups in total. The molecule has 0 rings (SSSR count). The Hall–Kier alpha value is -3.97. The monoisotopic (exact) mass is 883 g/mol. The maximum atomic E-state index is 13.7. The third-order valence-corrected chi connectivity index (χ3v) is 10.1. The van der Waals surface area contributed by atoms with Crippen molar-refractivity contribution in [3.8, 4) is 0 Å². The van der Waals surface area contributed by atoms with Crippen LogP contribution in [0.2, 0.25) is 0 Å². The van der Waals surface area contributed by atoms with E-state index in [-0.39, 0.29) is 57.5 Å². The van der Waals surface area contributed by atoms with Crippen LogP contribution in [0.25, 0.3) is 0 Å². The van der Waals surface area contributed by atoms with Gasteiger partial charge in [0.2, 0.25) is 5.60 Å². The molecule has 0 bridgehead atoms. The van der Waals surface area contributed by atoms with Gasteiger partial charge in [-0.2, -0.15) is 0 Å². The van der Waals surface area contributed by atoms with Crippen molar-refractivity contribution in [3.05, 3.63) is 12.7 Å². The summed E-state index contributed by atoms with van der Waals surface area (Å²) in [4.78, 5) is 88.4. The average Bonchev–Trinajstić information content (AvgIpc) is 3.24. The lowest BCUT2D eigenvalue weighted by Gasteiger charge is -2.29. The van der Waals surface area contributed by atoms with Crippen LogP contribution in [0.5, 0.6) is 0 Å². The van der Waals surface area contributed by atoms with E-state index in [1.165, 1.54) is 0 Å². The first-order valence-corrected chi connectivity index (χ1v) is 23.8. The topological polar surface area (TPSA) is 184 Å². The van der Waals surface area contributed by atoms with Gasteiger partial charge in [0.25, 0.3) is 0 Å². The van der Waals surface area contributed by atoms with E-state index in [2.05, 4.69) is 27.4 Å². The average molecular weight is 883 g/mol. The predicted octanol–water partition coefficient (Wildman–Crippen LogP) is 10.1. The van der Waals surface area contributed by atoms with Crippen molar-refractivity contribution in [2.24, 2.45) is 0 Å². The van der Waals surface area contributed by atoms with Crippen molar-refractivity contribution in [1.82, 2.24) is 0 Å². The second-order valence-corrected chi connectivity index (χ2v) is 15.9. The number of hydrogen-bond acceptors (Lipinski definition) is 14. The van der Waals surface area contributed by atoms with E-state index in [0.717, 1.165) is 102 Å². The molecule has 0 aliphatic heterocycles. The van der Waals surface area contributed by atoms with Gasteiger partial charge in [-0.05, 0) is 77.0 Å². The standard InChI is InChI=1S/C48H82O14/c1-5-9-12-15-21-30-42(50)56-33-24-18-27-36-59-45(53)39-48(62-41(49)8-4,47(55)61-38-29-20-26-35-58-44(52)32-23-17-14-11-7-3)40-46(54)60-37-28-19-25-34-57-43(51)31-22-16-13-10-6-2/h8H,4-7,9-40H2,1-3H3. The lowest BCUT2D eigenvalue weighted by molar-refractivity contribution is -0.189. The van der Waals surface area contributed by atoms with Gasteiger partial charge in [0.1, 0.15) is 0 Å². The zero-order chi connectivity index (χ0) is 45.9. The summed E-state index contributed by atoms with van der Waals surface area (Å²) >= 11 is 0. The minimum Gasteiger partial charge on any atom is -0.466 e. The Kier molecular flexibility index (Phi) is 38.4. The Labute approximate surface area is 372 Å². The molecule has 0 radical (unpaired) electrons. The molecule has 14 nitrogen and oxygen atoms in total. The lowest BCUT2D eigenvalue weighted by atomic mass is 9.94. The number of ether oxygens (including phenoxy) is 7. The second-order valence-electron chi connectivity index (χ2n) is 15.9. The molecule has 0 unspecified atom stereocenters. The summed E-state index contributed by atoms with van der Waals surface area (Å²) in [6.45, 7) is 10.4. The molecular weight excluding hydrogens is 801 g/mol. The van der Waals surface area contributed by atoms with Crippen LogP contribution in [0.4, 0.5) is 0 Å². The number of esters is 7. The Morgan fingerprint density at radius 2 is 0.645 bits per heavy atom. The fraction of sp³-hybridized carbons (Fsp3) is 0.812. The van der Waals surface area contributed by atoms with Crippen LogP contribution in [0.15, 0.2) is 12.7 Å². The van der Waals surface area contributed by atoms with Crippen molar-refractivity contribution >= 4 is 41.8 Å². The maximum Gasteiger partial charge on any atom is 0.351 e. The first-order valence-electron chi connectivity index (χ1n) is 23.8. The van der Waals surface area contributed by atoms with Gasteiger partial charge in [-0.1, -0.05) is 104 Å². The van der Waals surface area contributed by atoms with E-state index in [1.54, 1.807) is 0 Å². The van der Waals surface area contributed by atoms with Crippen LogP contribution in [0, 0.1) is 0 Å². The van der Waals surface area contributed by atoms with E-state index in [9.17, 15) is 33.6 Å². The van der Waals surface area contributed by atoms with Crippen LogP contribution in [-0.2, 0) is 66.7 Å². The molecule has 0 atom stereocenters. The van der Waals surface area contributed by atoms with E-state index >= 15 is 0 Å². The molecule has 0 aliphatic carbocycles. The highest BCUT2D eigenvalue weighted by Crippen LogP contribution is 2.26. The lowest BCUT2D eigenvalue weighted by Crippen LogP contribution is -2.48. The highest BCUT2D eigenvalue weighted by atomic mass is 16.6. The Balaban J connectivity index is 5.16. The van der Waals surface area contributed by atoms with Crippen molar-refractivity contribution in [3.63, 3.8) is 0 Å². The molecule has 0 aliphatic rings. The van der Waals surface area contributed by atoms with Gasteiger partial charge in [-0.15, -0.1) is 0 Å². The summed E-state index contributed by atoms with van der Waals surface area (Å²) in [6, 6.07) is 0. The van der Waals surface area contributed by atoms with Gasteiger partial charge in [0, 0.05) is 25.3 Å². The van der Waals surface area contributed by atoms with E-state index in [0.29, 0.717) is 77.0 Å². The molecule has 62 heavy (non-hydrogen) atoms. The summed E-state index contributed by atoms with van der Waals surface area (Å²) in [5.41, 5.74) is -2.39. The smallest absolute Gasteiger partial charge is 0.351 e. The van der Waals surface area contributed by atoms with E-state index in [4.69, 9.17) is 33.2 Å². The van der Waals surface area contributed by atoms with Crippen LogP contribution >= 0.6 is 0 Å². The van der Waals surface area contributed by atoms with Crippen molar-refractivity contribution in [2.75, 3.05) is 39.6 Å². The molecule has 14 heteroatoms. The molecule has 358 valence electrons. The van der Waals surface area contributed by atoms with Gasteiger partial charge in [-0.25, -0.2) is 9.59 Å². The zero-order valence-electron chi connectivity index (χ0n) is 38.7. The normalized spacial score (nSPS) is 11.0. The first kappa shape index (κ1) is 58.0. The van der Waals surface area contributed by atoms with Crippen molar-refractivity contribution in [2.45, 2.75) is 213 Å². The largest absolute Gasteiger partial charge is 0.466 e. The highest BCUT2D eigenvalue weighted by Gasteiger charge is 2.49. The second kappa shape index (κ2) is 41.1. The van der Waals surface area contributed by atoms with Gasteiger partial charge in [0.15, 0.2) is 0 Å². The minimum absolute atomic E-state index is 0.0209. The number of hydrogen-bond donors (Lipinski definition) is 0. The first-order chi connectivity index (χ1) is 30.0. The quantitative estimate of drug-likeness (QED) is 0.0244. The van der Waals surface area contributed by atoms with Crippen molar-refractivity contribution in [1.29, 1.82) is 0 Å². The fourth-order valence-electron chi connectivity index (χ4n) is 6.33. The number of rotatable bonds is 43. The van der Waals surface area contributed by atoms with Crippen LogP contribution in [0.3, 0.4) is 0 Å². The predicted molar refractivity (Wildman–Crippen MR) is 236 cm³/mol. The number of carbonyl (C=O) groups is 7. The zero-order valence-corrected chi connectivity index (χ0v) is 38.7. The summed E-state index contributed by atoms with van der Waals surface area (Å²) in [7, 11) is 0. The molecule has 0 amide bonds. The summed E-state index contributed by atoms with van der Waals surface area (Å²) < 4.78 is 37.5. The molecule has 0 saturated heterocycles. The fourth-order valence-corrected chi connectivity index (χ4v) is 6.33. The third-order valence-electron chi connectivity index (χ3n) is 10.1. The molecule has 0 saturated carbocycles. The molecule has 0 heterocycles. The van der Waals surface area contributed by atoms with Crippen LogP contribution < -0.4 is 0 Å². The van der Waals surface area contributed by atoms with Crippen LogP contribution in [-0.4, -0.2) is 87.0 Å². The maximum absolute atomic E-state index is 13.7. The highest BCUT2D eigenvalue weighted by molar-refractivity contribution is 5.94. The Morgan fingerprint density at radius 1 is 0.371 bits per heavy atom.